The molecule has 0 unspecified atom stereocenters. The highest BCUT2D eigenvalue weighted by Gasteiger charge is 2.30. The molecule has 2 amide bonds. The largest absolute Gasteiger partial charge is 0.416 e. The van der Waals surface area contributed by atoms with Crippen LogP contribution in [0.3, 0.4) is 0 Å². The summed E-state index contributed by atoms with van der Waals surface area (Å²) < 4.78 is 38.2. The van der Waals surface area contributed by atoms with E-state index in [0.29, 0.717) is 34.1 Å². The van der Waals surface area contributed by atoms with Crippen molar-refractivity contribution in [2.75, 3.05) is 5.32 Å². The molecule has 3 rings (SSSR count). The first-order valence-electron chi connectivity index (χ1n) is 10.4. The lowest BCUT2D eigenvalue weighted by atomic mass is 10.1. The zero-order valence-electron chi connectivity index (χ0n) is 18.6. The molecule has 0 aliphatic carbocycles. The van der Waals surface area contributed by atoms with Gasteiger partial charge in [-0.15, -0.1) is 0 Å². The summed E-state index contributed by atoms with van der Waals surface area (Å²) in [6.07, 6.45) is -2.04. The molecule has 2 aromatic carbocycles. The molecule has 0 aliphatic heterocycles. The Balaban J connectivity index is 1.69. The number of hydrogen-bond acceptors (Lipinski definition) is 6. The summed E-state index contributed by atoms with van der Waals surface area (Å²) in [5.74, 6) is 4.42. The number of nitrogens with zero attached hydrogens (tertiary/aromatic N) is 2. The highest BCUT2D eigenvalue weighted by molar-refractivity contribution is 7.17. The minimum atomic E-state index is -4.42. The van der Waals surface area contributed by atoms with Crippen molar-refractivity contribution in [1.29, 1.82) is 0 Å². The summed E-state index contributed by atoms with van der Waals surface area (Å²) in [5, 5.41) is 5.60. The number of aryl methyl sites for hydroxylation is 2. The second-order valence-electron chi connectivity index (χ2n) is 7.44. The first-order valence-corrected chi connectivity index (χ1v) is 11.3. The monoisotopic (exact) mass is 504 g/mol. The average Bonchev–Trinajstić information content (AvgIpc) is 3.22. The first-order chi connectivity index (χ1) is 16.7. The second kappa shape index (κ2) is 11.6. The molecule has 0 atom stereocenters. The number of hydrazine groups is 1. The number of thiazole rings is 1. The van der Waals surface area contributed by atoms with E-state index in [1.165, 1.54) is 25.4 Å². The van der Waals surface area contributed by atoms with E-state index in [1.807, 2.05) is 24.3 Å². The standard InChI is InChI=1S/C23H23F3N6O2S/c1-14(33)31-22-32-19(11-6-15-4-9-18(10-5-15)29-13-30-27)20(35-22)21(34)28-12-16-2-7-17(8-3-16)23(24,25)26/h2-5,7-10,13H,6,11-12,27H2,1H3,(H,28,34)(H,29,30)(H,31,32,33). The SMILES string of the molecule is CC(=O)Nc1nc(CCc2ccc(N=CNN)cc2)c(C(=O)NCc2ccc(C(F)(F)F)cc2)s1. The van der Waals surface area contributed by atoms with Crippen molar-refractivity contribution >= 4 is 40.3 Å². The Labute approximate surface area is 203 Å². The van der Waals surface area contributed by atoms with Crippen LogP contribution in [0.4, 0.5) is 24.0 Å². The molecule has 35 heavy (non-hydrogen) atoms. The summed E-state index contributed by atoms with van der Waals surface area (Å²) >= 11 is 1.04. The van der Waals surface area contributed by atoms with E-state index in [9.17, 15) is 22.8 Å². The van der Waals surface area contributed by atoms with Crippen molar-refractivity contribution in [3.05, 3.63) is 75.8 Å². The maximum atomic E-state index is 12.9. The third kappa shape index (κ3) is 7.62. The maximum Gasteiger partial charge on any atom is 0.416 e. The first kappa shape index (κ1) is 25.8. The van der Waals surface area contributed by atoms with Gasteiger partial charge in [-0.1, -0.05) is 35.6 Å². The Morgan fingerprint density at radius 1 is 1.06 bits per heavy atom. The number of carbonyl (C=O) groups is 2. The number of aromatic nitrogens is 1. The van der Waals surface area contributed by atoms with Gasteiger partial charge in [0.2, 0.25) is 5.91 Å². The maximum absolute atomic E-state index is 12.9. The molecule has 0 aliphatic rings. The molecule has 0 saturated carbocycles. The minimum absolute atomic E-state index is 0.0451. The van der Waals surface area contributed by atoms with Gasteiger partial charge in [0.1, 0.15) is 11.2 Å². The van der Waals surface area contributed by atoms with Gasteiger partial charge in [-0.3, -0.25) is 9.59 Å². The van der Waals surface area contributed by atoms with Crippen molar-refractivity contribution in [3.8, 4) is 0 Å². The van der Waals surface area contributed by atoms with Gasteiger partial charge in [0, 0.05) is 13.5 Å². The molecule has 1 aromatic heterocycles. The van der Waals surface area contributed by atoms with E-state index in [4.69, 9.17) is 5.84 Å². The van der Waals surface area contributed by atoms with Crippen LogP contribution in [0, 0.1) is 0 Å². The van der Waals surface area contributed by atoms with E-state index in [1.54, 1.807) is 0 Å². The molecule has 0 bridgehead atoms. The summed E-state index contributed by atoms with van der Waals surface area (Å²) in [7, 11) is 0. The average molecular weight is 505 g/mol. The van der Waals surface area contributed by atoms with Gasteiger partial charge in [0.05, 0.1) is 16.9 Å². The highest BCUT2D eigenvalue weighted by atomic mass is 32.1. The molecule has 0 spiro atoms. The second-order valence-corrected chi connectivity index (χ2v) is 8.44. The van der Waals surface area contributed by atoms with Crippen LogP contribution in [-0.4, -0.2) is 23.1 Å². The normalized spacial score (nSPS) is 11.5. The molecule has 0 radical (unpaired) electrons. The van der Waals surface area contributed by atoms with Crippen molar-refractivity contribution in [2.24, 2.45) is 10.8 Å². The van der Waals surface area contributed by atoms with Crippen LogP contribution in [0.2, 0.25) is 0 Å². The number of benzene rings is 2. The van der Waals surface area contributed by atoms with Crippen molar-refractivity contribution in [2.45, 2.75) is 32.5 Å². The van der Waals surface area contributed by atoms with Crippen LogP contribution in [0.25, 0.3) is 0 Å². The number of anilines is 1. The Morgan fingerprint density at radius 3 is 2.31 bits per heavy atom. The molecule has 8 nitrogen and oxygen atoms in total. The van der Waals surface area contributed by atoms with Crippen molar-refractivity contribution in [1.82, 2.24) is 15.7 Å². The van der Waals surface area contributed by atoms with Crippen molar-refractivity contribution in [3.63, 3.8) is 0 Å². The fourth-order valence-electron chi connectivity index (χ4n) is 3.10. The number of rotatable bonds is 9. The fourth-order valence-corrected chi connectivity index (χ4v) is 4.07. The summed E-state index contributed by atoms with van der Waals surface area (Å²) in [4.78, 5) is 33.1. The van der Waals surface area contributed by atoms with Crippen molar-refractivity contribution < 1.29 is 22.8 Å². The molecule has 0 fully saturated rings. The molecule has 184 valence electrons. The Hall–Kier alpha value is -3.77. The number of aliphatic imine (C=N–C) groups is 1. The summed E-state index contributed by atoms with van der Waals surface area (Å²) in [5.41, 5.74) is 4.32. The quantitative estimate of drug-likeness (QED) is 0.152. The smallest absolute Gasteiger partial charge is 0.347 e. The van der Waals surface area contributed by atoms with E-state index in [0.717, 1.165) is 34.7 Å². The predicted molar refractivity (Wildman–Crippen MR) is 128 cm³/mol. The lowest BCUT2D eigenvalue weighted by molar-refractivity contribution is -0.137. The number of nitrogens with one attached hydrogen (secondary N) is 3. The van der Waals surface area contributed by atoms with Gasteiger partial charge in [-0.25, -0.2) is 15.8 Å². The van der Waals surface area contributed by atoms with Crippen LogP contribution >= 0.6 is 11.3 Å². The molecule has 12 heteroatoms. The van der Waals surface area contributed by atoms with Crippen LogP contribution in [-0.2, 0) is 30.4 Å². The van der Waals surface area contributed by atoms with Crippen LogP contribution in [0.1, 0.15) is 39.0 Å². The number of hydrogen-bond donors (Lipinski definition) is 4. The molecule has 0 saturated heterocycles. The zero-order valence-corrected chi connectivity index (χ0v) is 19.5. The third-order valence-corrected chi connectivity index (χ3v) is 5.81. The fraction of sp³-hybridized carbons (Fsp3) is 0.217. The number of nitrogens with two attached hydrogens (primary N) is 1. The molecule has 1 heterocycles. The van der Waals surface area contributed by atoms with E-state index in [2.05, 4.69) is 26.0 Å². The number of alkyl halides is 3. The van der Waals surface area contributed by atoms with E-state index < -0.39 is 17.6 Å². The van der Waals surface area contributed by atoms with Gasteiger partial charge in [0.25, 0.3) is 5.91 Å². The van der Waals surface area contributed by atoms with E-state index in [-0.39, 0.29) is 12.5 Å². The van der Waals surface area contributed by atoms with Gasteiger partial charge in [-0.2, -0.15) is 13.2 Å². The number of carbonyl (C=O) groups excluding carboxylic acids is 2. The molecule has 3 aromatic rings. The molecular formula is C23H23F3N6O2S. The van der Waals surface area contributed by atoms with Gasteiger partial charge < -0.3 is 16.1 Å². The third-order valence-electron chi connectivity index (χ3n) is 4.80. The van der Waals surface area contributed by atoms with Gasteiger partial charge in [0.15, 0.2) is 5.13 Å². The van der Waals surface area contributed by atoms with Gasteiger partial charge >= 0.3 is 6.18 Å². The summed E-state index contributed by atoms with van der Waals surface area (Å²) in [6.45, 7) is 1.39. The Bertz CT molecular complexity index is 1190. The number of halogens is 3. The number of amides is 2. The summed E-state index contributed by atoms with van der Waals surface area (Å²) in [6, 6.07) is 12.0. The Morgan fingerprint density at radius 2 is 1.71 bits per heavy atom. The van der Waals surface area contributed by atoms with Gasteiger partial charge in [-0.05, 0) is 48.2 Å². The Kier molecular flexibility index (Phi) is 8.55. The topological polar surface area (TPSA) is 122 Å². The van der Waals surface area contributed by atoms with Crippen LogP contribution in [0.5, 0.6) is 0 Å². The van der Waals surface area contributed by atoms with Crippen LogP contribution < -0.4 is 21.9 Å². The van der Waals surface area contributed by atoms with Crippen LogP contribution in [0.15, 0.2) is 53.5 Å². The zero-order chi connectivity index (χ0) is 25.4. The predicted octanol–water partition coefficient (Wildman–Crippen LogP) is 3.96. The van der Waals surface area contributed by atoms with E-state index >= 15 is 0 Å². The highest BCUT2D eigenvalue weighted by Crippen LogP contribution is 2.29. The lowest BCUT2D eigenvalue weighted by Crippen LogP contribution is -2.23. The minimum Gasteiger partial charge on any atom is -0.347 e. The molecule has 5 N–H and O–H groups in total. The molecular weight excluding hydrogens is 481 g/mol. The lowest BCUT2D eigenvalue weighted by Gasteiger charge is -2.09.